The summed E-state index contributed by atoms with van der Waals surface area (Å²) in [6.07, 6.45) is -4.71. The summed E-state index contributed by atoms with van der Waals surface area (Å²) in [6, 6.07) is 25.2. The molecule has 1 N–H and O–H groups in total. The number of aliphatic carboxylic acids is 1. The molecule has 4 aromatic carbocycles. The largest absolute Gasteiger partial charge is 0.481 e. The highest BCUT2D eigenvalue weighted by Gasteiger charge is 2.36. The lowest BCUT2D eigenvalue weighted by molar-refractivity contribution is -0.153. The third-order valence-electron chi connectivity index (χ3n) is 8.06. The Morgan fingerprint density at radius 3 is 2.13 bits per heavy atom. The van der Waals surface area contributed by atoms with Crippen LogP contribution >= 0.6 is 0 Å². The summed E-state index contributed by atoms with van der Waals surface area (Å²) in [7, 11) is -4.25. The number of benzene rings is 4. The number of furan rings is 1. The minimum Gasteiger partial charge on any atom is -0.481 e. The predicted octanol–water partition coefficient (Wildman–Crippen LogP) is 8.49. The number of carboxylic acid groups (broad SMARTS) is 1. The number of fused-ring (bicyclic) bond motifs is 1. The summed E-state index contributed by atoms with van der Waals surface area (Å²) in [5.74, 6) is -2.30. The van der Waals surface area contributed by atoms with Gasteiger partial charge in [0.25, 0.3) is 0 Å². The van der Waals surface area contributed by atoms with E-state index < -0.39 is 39.9 Å². The molecule has 0 bridgehead atoms. The van der Waals surface area contributed by atoms with E-state index in [1.807, 2.05) is 25.1 Å². The minimum atomic E-state index is -4.71. The number of hydrogen-bond acceptors (Lipinski definition) is 4. The fraction of sp³-hybridized carbons (Fsp3) is 0.229. The maximum absolute atomic E-state index is 14.4. The standard InChI is InChI=1S/C35H32F3NO5S/c1-22-7-5-10-30-29(22)17-11-23(2)32(30)45(42,43)39(21-28-16-18-31(44-28)35(36,37)38)20-24-12-14-25(15-13-24)26-8-6-9-27(19-26)34(3,4)33(40)41/h5-19H,20-21H2,1-4H3,(H,40,41). The number of aryl methyl sites for hydroxylation is 2. The van der Waals surface area contributed by atoms with E-state index in [1.54, 1.807) is 81.4 Å². The quantitative estimate of drug-likeness (QED) is 0.176. The van der Waals surface area contributed by atoms with Gasteiger partial charge in [-0.15, -0.1) is 0 Å². The van der Waals surface area contributed by atoms with Crippen LogP contribution in [0.5, 0.6) is 0 Å². The number of hydrogen-bond donors (Lipinski definition) is 1. The maximum Gasteiger partial charge on any atom is 0.449 e. The summed E-state index contributed by atoms with van der Waals surface area (Å²) in [5, 5.41) is 10.9. The highest BCUT2D eigenvalue weighted by molar-refractivity contribution is 7.89. The predicted molar refractivity (Wildman–Crippen MR) is 166 cm³/mol. The lowest BCUT2D eigenvalue weighted by Crippen LogP contribution is -2.31. The van der Waals surface area contributed by atoms with Crippen molar-refractivity contribution in [3.63, 3.8) is 0 Å². The zero-order valence-corrected chi connectivity index (χ0v) is 26.0. The second-order valence-corrected chi connectivity index (χ2v) is 13.5. The van der Waals surface area contributed by atoms with Gasteiger partial charge in [0.05, 0.1) is 16.9 Å². The van der Waals surface area contributed by atoms with E-state index in [4.69, 9.17) is 4.42 Å². The van der Waals surface area contributed by atoms with Crippen molar-refractivity contribution in [1.29, 1.82) is 0 Å². The molecular formula is C35H32F3NO5S. The topological polar surface area (TPSA) is 87.8 Å². The number of rotatable bonds is 9. The van der Waals surface area contributed by atoms with Gasteiger partial charge < -0.3 is 9.52 Å². The second kappa shape index (κ2) is 11.8. The fourth-order valence-electron chi connectivity index (χ4n) is 5.30. The summed E-state index contributed by atoms with van der Waals surface area (Å²) in [6.45, 7) is 6.26. The van der Waals surface area contributed by atoms with Crippen LogP contribution in [0.3, 0.4) is 0 Å². The van der Waals surface area contributed by atoms with Crippen LogP contribution < -0.4 is 0 Å². The molecule has 1 aromatic heterocycles. The Morgan fingerprint density at radius 1 is 0.800 bits per heavy atom. The molecule has 234 valence electrons. The van der Waals surface area contributed by atoms with Crippen molar-refractivity contribution in [2.24, 2.45) is 0 Å². The molecule has 0 spiro atoms. The highest BCUT2D eigenvalue weighted by Crippen LogP contribution is 2.35. The smallest absolute Gasteiger partial charge is 0.449 e. The van der Waals surface area contributed by atoms with Crippen molar-refractivity contribution in [3.8, 4) is 11.1 Å². The van der Waals surface area contributed by atoms with E-state index >= 15 is 0 Å². The molecule has 0 atom stereocenters. The molecule has 0 saturated heterocycles. The molecule has 0 fully saturated rings. The van der Waals surface area contributed by atoms with Gasteiger partial charge in [-0.1, -0.05) is 78.9 Å². The average Bonchev–Trinajstić information content (AvgIpc) is 3.47. The minimum absolute atomic E-state index is 0.0841. The summed E-state index contributed by atoms with van der Waals surface area (Å²) < 4.78 is 74.8. The molecule has 0 aliphatic rings. The van der Waals surface area contributed by atoms with Crippen LogP contribution in [-0.2, 0) is 39.5 Å². The molecule has 0 unspecified atom stereocenters. The third-order valence-corrected chi connectivity index (χ3v) is 10.1. The molecule has 5 aromatic rings. The number of carboxylic acids is 1. The van der Waals surface area contributed by atoms with Crippen LogP contribution in [0.1, 0.15) is 47.6 Å². The molecule has 10 heteroatoms. The van der Waals surface area contributed by atoms with Gasteiger partial charge in [0, 0.05) is 11.9 Å². The van der Waals surface area contributed by atoms with Crippen molar-refractivity contribution >= 4 is 26.8 Å². The van der Waals surface area contributed by atoms with Crippen molar-refractivity contribution in [3.05, 3.63) is 125 Å². The zero-order chi connectivity index (χ0) is 32.7. The SMILES string of the molecule is Cc1ccc2c(C)cccc2c1S(=O)(=O)N(Cc1ccc(-c2cccc(C(C)(C)C(=O)O)c2)cc1)Cc1ccc(C(F)(F)F)o1. The van der Waals surface area contributed by atoms with Crippen LogP contribution in [0.4, 0.5) is 13.2 Å². The van der Waals surface area contributed by atoms with E-state index in [0.29, 0.717) is 22.1 Å². The maximum atomic E-state index is 14.4. The van der Waals surface area contributed by atoms with E-state index in [9.17, 15) is 31.5 Å². The Balaban J connectivity index is 1.54. The molecule has 0 aliphatic heterocycles. The number of sulfonamides is 1. The Bertz CT molecular complexity index is 1990. The molecule has 0 radical (unpaired) electrons. The lowest BCUT2D eigenvalue weighted by Gasteiger charge is -2.24. The Labute approximate surface area is 259 Å². The van der Waals surface area contributed by atoms with Crippen LogP contribution in [0.25, 0.3) is 21.9 Å². The monoisotopic (exact) mass is 635 g/mol. The molecule has 45 heavy (non-hydrogen) atoms. The first-order valence-electron chi connectivity index (χ1n) is 14.2. The van der Waals surface area contributed by atoms with E-state index in [-0.39, 0.29) is 17.2 Å². The van der Waals surface area contributed by atoms with Gasteiger partial charge in [0.15, 0.2) is 0 Å². The molecule has 0 aliphatic carbocycles. The summed E-state index contributed by atoms with van der Waals surface area (Å²) in [5.41, 5.74) is 3.11. The Hall–Kier alpha value is -4.41. The number of carbonyl (C=O) groups is 1. The third kappa shape index (κ3) is 6.39. The molecule has 5 rings (SSSR count). The van der Waals surface area contributed by atoms with Crippen LogP contribution in [0, 0.1) is 13.8 Å². The van der Waals surface area contributed by atoms with Crippen molar-refractivity contribution in [2.45, 2.75) is 57.3 Å². The molecule has 1 heterocycles. The zero-order valence-electron chi connectivity index (χ0n) is 25.1. The van der Waals surface area contributed by atoms with Crippen molar-refractivity contribution in [1.82, 2.24) is 4.31 Å². The van der Waals surface area contributed by atoms with Gasteiger partial charge in [0.2, 0.25) is 15.8 Å². The first kappa shape index (κ1) is 32.0. The first-order chi connectivity index (χ1) is 21.1. The average molecular weight is 636 g/mol. The highest BCUT2D eigenvalue weighted by atomic mass is 32.2. The van der Waals surface area contributed by atoms with Crippen LogP contribution in [0.15, 0.2) is 100 Å². The van der Waals surface area contributed by atoms with Gasteiger partial charge in [-0.05, 0) is 78.6 Å². The lowest BCUT2D eigenvalue weighted by atomic mass is 9.83. The van der Waals surface area contributed by atoms with Crippen molar-refractivity contribution in [2.75, 3.05) is 0 Å². The van der Waals surface area contributed by atoms with Gasteiger partial charge in [-0.3, -0.25) is 4.79 Å². The Morgan fingerprint density at radius 2 is 1.49 bits per heavy atom. The second-order valence-electron chi connectivity index (χ2n) is 11.6. The molecule has 6 nitrogen and oxygen atoms in total. The van der Waals surface area contributed by atoms with Crippen LogP contribution in [0.2, 0.25) is 0 Å². The van der Waals surface area contributed by atoms with Crippen LogP contribution in [-0.4, -0.2) is 23.8 Å². The first-order valence-corrected chi connectivity index (χ1v) is 15.6. The molecule has 0 saturated carbocycles. The van der Waals surface area contributed by atoms with E-state index in [0.717, 1.165) is 38.5 Å². The van der Waals surface area contributed by atoms with Gasteiger partial charge >= 0.3 is 12.1 Å². The van der Waals surface area contributed by atoms with Crippen molar-refractivity contribution < 1.29 is 35.9 Å². The van der Waals surface area contributed by atoms with Gasteiger partial charge in [-0.25, -0.2) is 8.42 Å². The van der Waals surface area contributed by atoms with Gasteiger partial charge in [0.1, 0.15) is 5.76 Å². The molecular weight excluding hydrogens is 603 g/mol. The number of nitrogens with zero attached hydrogens (tertiary/aromatic N) is 1. The normalized spacial score (nSPS) is 12.6. The molecule has 0 amide bonds. The fourth-order valence-corrected chi connectivity index (χ4v) is 7.11. The number of halogens is 3. The van der Waals surface area contributed by atoms with Gasteiger partial charge in [-0.2, -0.15) is 17.5 Å². The summed E-state index contributed by atoms with van der Waals surface area (Å²) >= 11 is 0. The van der Waals surface area contributed by atoms with E-state index in [1.165, 1.54) is 0 Å². The number of alkyl halides is 3. The summed E-state index contributed by atoms with van der Waals surface area (Å²) in [4.78, 5) is 11.9. The van der Waals surface area contributed by atoms with E-state index in [2.05, 4.69) is 0 Å². The Kier molecular flexibility index (Phi) is 8.41.